The maximum absolute atomic E-state index is 12.7. The summed E-state index contributed by atoms with van der Waals surface area (Å²) in [6.45, 7) is 0.778. The van der Waals surface area contributed by atoms with Crippen LogP contribution in [0.15, 0.2) is 27.2 Å². The molecule has 1 aliphatic rings. The summed E-state index contributed by atoms with van der Waals surface area (Å²) in [6.07, 6.45) is 1.56. The third-order valence-electron chi connectivity index (χ3n) is 3.68. The molecule has 0 saturated heterocycles. The summed E-state index contributed by atoms with van der Waals surface area (Å²) in [7, 11) is 0. The number of nitrogen functional groups attached to an aromatic ring is 1. The normalized spacial score (nSPS) is 18.2. The molecular formula is C16H17N5NaO8S2+. The van der Waals surface area contributed by atoms with Crippen LogP contribution in [0, 0.1) is 0 Å². The van der Waals surface area contributed by atoms with Crippen LogP contribution in [0.1, 0.15) is 12.6 Å². The molecule has 2 rings (SSSR count). The van der Waals surface area contributed by atoms with Crippen molar-refractivity contribution in [3.8, 4) is 0 Å². The number of nitrogens with two attached hydrogens (primary N) is 1. The van der Waals surface area contributed by atoms with E-state index in [-0.39, 0.29) is 51.8 Å². The van der Waals surface area contributed by atoms with Crippen molar-refractivity contribution in [2.45, 2.75) is 18.3 Å². The van der Waals surface area contributed by atoms with E-state index in [1.807, 2.05) is 0 Å². The number of allylic oxidation sites excluding steroid dienone is 1. The van der Waals surface area contributed by atoms with Crippen LogP contribution in [-0.4, -0.2) is 79.3 Å². The van der Waals surface area contributed by atoms with Gasteiger partial charge in [0.15, 0.2) is 16.9 Å². The van der Waals surface area contributed by atoms with E-state index in [9.17, 15) is 29.4 Å². The van der Waals surface area contributed by atoms with Crippen molar-refractivity contribution in [2.75, 3.05) is 18.1 Å². The van der Waals surface area contributed by atoms with Crippen molar-refractivity contribution >= 4 is 63.5 Å². The van der Waals surface area contributed by atoms with Crippen LogP contribution in [0.4, 0.5) is 5.13 Å². The number of hydrogen-bond acceptors (Lipinski definition) is 11. The first-order chi connectivity index (χ1) is 14.6. The molecular weight excluding hydrogens is 477 g/mol. The van der Waals surface area contributed by atoms with Crippen LogP contribution in [-0.2, 0) is 24.0 Å². The molecule has 0 aromatic carbocycles. The largest absolute Gasteiger partial charge is 1.00 e. The predicted octanol–water partition coefficient (Wildman–Crippen LogP) is -3.35. The number of carbonyl (C=O) groups excluding carboxylic acids is 1. The van der Waals surface area contributed by atoms with Crippen molar-refractivity contribution in [1.82, 2.24) is 10.3 Å². The summed E-state index contributed by atoms with van der Waals surface area (Å²) in [5, 5.41) is 33.5. The van der Waals surface area contributed by atoms with Gasteiger partial charge < -0.3 is 31.2 Å². The standard InChI is InChI=1S/C16H17N5O8S2.Na/c1-2-6-4-30-13(20-9(6)14(25)26)11(15(27)28)19-12(24)10(21-29-3-8(22)23)7-5-31-16(17)18-7;/h2,5,11,13H,3-4H2,1H3,(H2,17,18)(H,19,24)(H,22,23)(H,25,26)(H,27,28);/q;+1/b6-2+,21-10-;/t11-,13+;/m1./s1. The number of aliphatic carboxylic acids is 3. The van der Waals surface area contributed by atoms with E-state index >= 15 is 0 Å². The van der Waals surface area contributed by atoms with Gasteiger partial charge in [0.05, 0.1) is 0 Å². The van der Waals surface area contributed by atoms with Crippen LogP contribution < -0.4 is 40.6 Å². The van der Waals surface area contributed by atoms with Crippen molar-refractivity contribution in [1.29, 1.82) is 0 Å². The Morgan fingerprint density at radius 2 is 2.06 bits per heavy atom. The third kappa shape index (κ3) is 7.30. The second-order valence-corrected chi connectivity index (χ2v) is 7.76. The fourth-order valence-corrected chi connectivity index (χ4v) is 4.05. The molecule has 0 radical (unpaired) electrons. The summed E-state index contributed by atoms with van der Waals surface area (Å²) in [6, 6.07) is -1.62. The Morgan fingerprint density at radius 3 is 2.56 bits per heavy atom. The maximum atomic E-state index is 12.7. The summed E-state index contributed by atoms with van der Waals surface area (Å²) < 4.78 is 0. The van der Waals surface area contributed by atoms with Gasteiger partial charge in [0.25, 0.3) is 5.91 Å². The molecule has 32 heavy (non-hydrogen) atoms. The maximum Gasteiger partial charge on any atom is 1.00 e. The van der Waals surface area contributed by atoms with E-state index in [1.54, 1.807) is 13.0 Å². The van der Waals surface area contributed by atoms with E-state index < -0.39 is 47.5 Å². The molecule has 2 heterocycles. The molecule has 0 aliphatic carbocycles. The van der Waals surface area contributed by atoms with Crippen LogP contribution in [0.25, 0.3) is 0 Å². The number of thiazole rings is 1. The third-order valence-corrected chi connectivity index (χ3v) is 5.55. The molecule has 1 aromatic heterocycles. The molecule has 0 spiro atoms. The number of anilines is 1. The van der Waals surface area contributed by atoms with E-state index in [1.165, 1.54) is 5.38 Å². The Hall–Kier alpha value is -2.46. The van der Waals surface area contributed by atoms with Gasteiger partial charge in [-0.15, -0.1) is 23.1 Å². The van der Waals surface area contributed by atoms with Crippen LogP contribution in [0.3, 0.4) is 0 Å². The second kappa shape index (κ2) is 12.5. The van der Waals surface area contributed by atoms with Crippen molar-refractivity contribution in [3.05, 3.63) is 22.7 Å². The Morgan fingerprint density at radius 1 is 1.38 bits per heavy atom. The Balaban J connectivity index is 0.00000512. The van der Waals surface area contributed by atoms with Gasteiger partial charge in [0, 0.05) is 11.1 Å². The smallest absolute Gasteiger partial charge is 0.480 e. The van der Waals surface area contributed by atoms with E-state index in [0.29, 0.717) is 5.57 Å². The number of carbonyl (C=O) groups is 4. The number of aromatic nitrogens is 1. The van der Waals surface area contributed by atoms with Crippen LogP contribution in [0.5, 0.6) is 0 Å². The number of aliphatic imine (C=N–C) groups is 1. The van der Waals surface area contributed by atoms with Crippen molar-refractivity contribution in [2.24, 2.45) is 10.1 Å². The number of carboxylic acid groups (broad SMARTS) is 3. The average molecular weight is 494 g/mol. The van der Waals surface area contributed by atoms with Crippen molar-refractivity contribution in [3.63, 3.8) is 0 Å². The van der Waals surface area contributed by atoms with Gasteiger partial charge >= 0.3 is 47.5 Å². The SMILES string of the molecule is C/C=C1\CS[C@@H]([C@@H](NC(=O)/C(=N\OCC(=O)O)c2csc(N)n2)C(=O)O)N=C1C(=O)O.[Na+]. The minimum Gasteiger partial charge on any atom is -0.480 e. The molecule has 0 bridgehead atoms. The molecule has 6 N–H and O–H groups in total. The first-order valence-corrected chi connectivity index (χ1v) is 10.3. The van der Waals surface area contributed by atoms with Gasteiger partial charge in [-0.05, 0) is 12.5 Å². The Labute approximate surface area is 211 Å². The molecule has 0 unspecified atom stereocenters. The zero-order valence-corrected chi connectivity index (χ0v) is 20.5. The zero-order chi connectivity index (χ0) is 23.1. The fourth-order valence-electron chi connectivity index (χ4n) is 2.29. The van der Waals surface area contributed by atoms with Crippen LogP contribution >= 0.6 is 23.1 Å². The van der Waals surface area contributed by atoms with E-state index in [4.69, 9.17) is 10.8 Å². The van der Waals surface area contributed by atoms with Gasteiger partial charge in [-0.2, -0.15) is 0 Å². The van der Waals surface area contributed by atoms with Crippen molar-refractivity contribution < 1.29 is 68.9 Å². The average Bonchev–Trinajstić information content (AvgIpc) is 3.14. The molecule has 2 atom stereocenters. The number of carboxylic acids is 3. The number of nitrogens with one attached hydrogen (secondary N) is 1. The first-order valence-electron chi connectivity index (χ1n) is 8.39. The predicted molar refractivity (Wildman–Crippen MR) is 111 cm³/mol. The molecule has 166 valence electrons. The van der Waals surface area contributed by atoms with E-state index in [2.05, 4.69) is 25.3 Å². The zero-order valence-electron chi connectivity index (χ0n) is 16.8. The molecule has 1 aliphatic heterocycles. The molecule has 0 fully saturated rings. The molecule has 16 heteroatoms. The summed E-state index contributed by atoms with van der Waals surface area (Å²) in [4.78, 5) is 59.0. The number of amides is 1. The summed E-state index contributed by atoms with van der Waals surface area (Å²) in [5.74, 6) is -5.01. The monoisotopic (exact) mass is 494 g/mol. The van der Waals surface area contributed by atoms with Gasteiger partial charge in [0.2, 0.25) is 6.61 Å². The minimum absolute atomic E-state index is 0. The Kier molecular flexibility index (Phi) is 10.8. The van der Waals surface area contributed by atoms with E-state index in [0.717, 1.165) is 23.1 Å². The number of rotatable bonds is 9. The number of oxime groups is 1. The second-order valence-electron chi connectivity index (χ2n) is 5.77. The van der Waals surface area contributed by atoms with Crippen LogP contribution in [0.2, 0.25) is 0 Å². The van der Waals surface area contributed by atoms with Gasteiger partial charge in [-0.1, -0.05) is 11.2 Å². The fraction of sp³-hybridized carbons (Fsp3) is 0.312. The molecule has 1 amide bonds. The quantitative estimate of drug-likeness (QED) is 0.130. The van der Waals surface area contributed by atoms with Gasteiger partial charge in [-0.3, -0.25) is 9.79 Å². The van der Waals surface area contributed by atoms with Gasteiger partial charge in [0.1, 0.15) is 16.8 Å². The Bertz CT molecular complexity index is 993. The molecule has 1 aromatic rings. The molecule has 0 saturated carbocycles. The topological polar surface area (TPSA) is 214 Å². The summed E-state index contributed by atoms with van der Waals surface area (Å²) in [5.41, 5.74) is 5.11. The van der Waals surface area contributed by atoms with Gasteiger partial charge in [-0.25, -0.2) is 19.4 Å². The number of nitrogens with zero attached hydrogens (tertiary/aromatic N) is 3. The minimum atomic E-state index is -1.62. The molecule has 13 nitrogen and oxygen atoms in total. The first kappa shape index (κ1) is 27.6. The number of hydrogen-bond donors (Lipinski definition) is 5. The number of thioether (sulfide) groups is 1. The summed E-state index contributed by atoms with van der Waals surface area (Å²) >= 11 is 2.00.